The first kappa shape index (κ1) is 11.9. The van der Waals surface area contributed by atoms with Crippen molar-refractivity contribution in [2.45, 2.75) is 18.5 Å². The average Bonchev–Trinajstić information content (AvgIpc) is 2.95. The zero-order chi connectivity index (χ0) is 13.4. The van der Waals surface area contributed by atoms with E-state index in [4.69, 9.17) is 5.73 Å². The highest BCUT2D eigenvalue weighted by Crippen LogP contribution is 2.29. The van der Waals surface area contributed by atoms with Crippen molar-refractivity contribution < 1.29 is 4.79 Å². The molecule has 0 aliphatic heterocycles. The summed E-state index contributed by atoms with van der Waals surface area (Å²) >= 11 is 0. The van der Waals surface area contributed by atoms with Gasteiger partial charge in [-0.2, -0.15) is 0 Å². The van der Waals surface area contributed by atoms with E-state index in [1.54, 1.807) is 24.1 Å². The average molecular weight is 256 g/mol. The highest BCUT2D eigenvalue weighted by atomic mass is 16.2. The summed E-state index contributed by atoms with van der Waals surface area (Å²) < 4.78 is 1.70. The fraction of sp³-hybridized carbons (Fsp3) is 0.286. The maximum atomic E-state index is 12.2. The molecule has 3 N–H and O–H groups in total. The molecule has 1 amide bonds. The number of hydrogen-bond acceptors (Lipinski definition) is 3. The van der Waals surface area contributed by atoms with Gasteiger partial charge >= 0.3 is 0 Å². The first-order chi connectivity index (χ1) is 9.16. The summed E-state index contributed by atoms with van der Waals surface area (Å²) in [5, 5.41) is 2.99. The van der Waals surface area contributed by atoms with Crippen LogP contribution in [0.5, 0.6) is 0 Å². The van der Waals surface area contributed by atoms with Crippen molar-refractivity contribution in [3.8, 4) is 0 Å². The van der Waals surface area contributed by atoms with E-state index in [1.165, 1.54) is 5.56 Å². The van der Waals surface area contributed by atoms with E-state index in [1.807, 2.05) is 18.2 Å². The number of nitrogens with zero attached hydrogens (tertiary/aromatic N) is 2. The lowest BCUT2D eigenvalue weighted by Crippen LogP contribution is -2.41. The van der Waals surface area contributed by atoms with Gasteiger partial charge in [0.1, 0.15) is 5.69 Å². The Balaban J connectivity index is 1.77. The molecule has 2 aromatic rings. The third kappa shape index (κ3) is 2.02. The number of nitrogens with two attached hydrogens (primary N) is 1. The summed E-state index contributed by atoms with van der Waals surface area (Å²) in [7, 11) is 1.80. The van der Waals surface area contributed by atoms with Gasteiger partial charge in [0, 0.05) is 7.05 Å². The molecule has 1 aliphatic rings. The maximum Gasteiger partial charge on any atom is 0.269 e. The summed E-state index contributed by atoms with van der Waals surface area (Å²) in [6, 6.07) is 7.86. The summed E-state index contributed by atoms with van der Waals surface area (Å²) in [5.74, 6) is -0.131. The van der Waals surface area contributed by atoms with E-state index in [-0.39, 0.29) is 18.0 Å². The molecule has 0 radical (unpaired) electrons. The number of aromatic nitrogens is 2. The van der Waals surface area contributed by atoms with Gasteiger partial charge in [-0.25, -0.2) is 4.98 Å². The van der Waals surface area contributed by atoms with E-state index in [2.05, 4.69) is 16.4 Å². The van der Waals surface area contributed by atoms with Crippen LogP contribution in [0.3, 0.4) is 0 Å². The van der Waals surface area contributed by atoms with Gasteiger partial charge in [0.15, 0.2) is 0 Å². The first-order valence-corrected chi connectivity index (χ1v) is 6.27. The summed E-state index contributed by atoms with van der Waals surface area (Å²) in [4.78, 5) is 16.1. The van der Waals surface area contributed by atoms with Crippen molar-refractivity contribution >= 4 is 5.91 Å². The first-order valence-electron chi connectivity index (χ1n) is 6.27. The lowest BCUT2D eigenvalue weighted by atomic mass is 10.1. The predicted molar refractivity (Wildman–Crippen MR) is 71.5 cm³/mol. The number of hydrogen-bond donors (Lipinski definition) is 2. The lowest BCUT2D eigenvalue weighted by Gasteiger charge is -2.17. The van der Waals surface area contributed by atoms with Crippen LogP contribution in [0, 0.1) is 0 Å². The predicted octanol–water partition coefficient (Wildman–Crippen LogP) is 0.775. The van der Waals surface area contributed by atoms with Crippen LogP contribution in [-0.2, 0) is 13.5 Å². The molecule has 0 saturated carbocycles. The van der Waals surface area contributed by atoms with Gasteiger partial charge in [0.05, 0.1) is 24.6 Å². The molecule has 0 saturated heterocycles. The molecule has 19 heavy (non-hydrogen) atoms. The molecule has 0 unspecified atom stereocenters. The highest BCUT2D eigenvalue weighted by molar-refractivity contribution is 5.92. The number of rotatable bonds is 2. The minimum atomic E-state index is -0.145. The Morgan fingerprint density at radius 2 is 2.26 bits per heavy atom. The number of amides is 1. The molecule has 98 valence electrons. The van der Waals surface area contributed by atoms with E-state index in [0.29, 0.717) is 5.69 Å². The van der Waals surface area contributed by atoms with E-state index in [9.17, 15) is 4.79 Å². The fourth-order valence-electron chi connectivity index (χ4n) is 2.59. The fourth-order valence-corrected chi connectivity index (χ4v) is 2.59. The molecule has 3 rings (SSSR count). The van der Waals surface area contributed by atoms with Crippen molar-refractivity contribution in [2.24, 2.45) is 12.8 Å². The number of nitrogens with one attached hydrogen (secondary N) is 1. The SMILES string of the molecule is Cn1cncc1C(=O)N[C@@H]1Cc2ccccc2[C@H]1N. The van der Waals surface area contributed by atoms with Crippen molar-refractivity contribution in [3.05, 3.63) is 53.6 Å². The summed E-state index contributed by atoms with van der Waals surface area (Å²) in [6.45, 7) is 0. The molecule has 5 nitrogen and oxygen atoms in total. The van der Waals surface area contributed by atoms with E-state index in [0.717, 1.165) is 12.0 Å². The largest absolute Gasteiger partial charge is 0.346 e. The molecule has 1 aromatic heterocycles. The zero-order valence-electron chi connectivity index (χ0n) is 10.7. The molecule has 5 heteroatoms. The molecule has 0 spiro atoms. The van der Waals surface area contributed by atoms with Crippen molar-refractivity contribution in [3.63, 3.8) is 0 Å². The van der Waals surface area contributed by atoms with Crippen LogP contribution in [0.15, 0.2) is 36.8 Å². The third-order valence-corrected chi connectivity index (χ3v) is 3.65. The number of aryl methyl sites for hydroxylation is 1. The summed E-state index contributed by atoms with van der Waals surface area (Å²) in [6.07, 6.45) is 3.95. The third-order valence-electron chi connectivity index (χ3n) is 3.65. The zero-order valence-corrected chi connectivity index (χ0v) is 10.7. The minimum Gasteiger partial charge on any atom is -0.346 e. The molecular formula is C14H16N4O. The second-order valence-electron chi connectivity index (χ2n) is 4.90. The Hall–Kier alpha value is -2.14. The van der Waals surface area contributed by atoms with Crippen LogP contribution >= 0.6 is 0 Å². The highest BCUT2D eigenvalue weighted by Gasteiger charge is 2.30. The topological polar surface area (TPSA) is 72.9 Å². The van der Waals surface area contributed by atoms with Gasteiger partial charge in [0.25, 0.3) is 5.91 Å². The van der Waals surface area contributed by atoms with Crippen LogP contribution in [0.25, 0.3) is 0 Å². The molecule has 1 aromatic carbocycles. The second kappa shape index (κ2) is 4.51. The number of carbonyl (C=O) groups excluding carboxylic acids is 1. The smallest absolute Gasteiger partial charge is 0.269 e. The van der Waals surface area contributed by atoms with Gasteiger partial charge in [-0.3, -0.25) is 4.79 Å². The van der Waals surface area contributed by atoms with Gasteiger partial charge in [0.2, 0.25) is 0 Å². The van der Waals surface area contributed by atoms with Gasteiger partial charge in [-0.1, -0.05) is 24.3 Å². The summed E-state index contributed by atoms with van der Waals surface area (Å²) in [5.41, 5.74) is 9.07. The molecule has 2 atom stereocenters. The van der Waals surface area contributed by atoms with Crippen molar-refractivity contribution in [1.29, 1.82) is 0 Å². The lowest BCUT2D eigenvalue weighted by molar-refractivity contribution is 0.0925. The molecule has 1 aliphatic carbocycles. The molecule has 0 fully saturated rings. The van der Waals surface area contributed by atoms with Gasteiger partial charge < -0.3 is 15.6 Å². The maximum absolute atomic E-state index is 12.2. The molecular weight excluding hydrogens is 240 g/mol. The normalized spacial score (nSPS) is 21.2. The standard InChI is InChI=1S/C14H16N4O/c1-18-8-16-7-12(18)14(19)17-11-6-9-4-2-3-5-10(9)13(11)15/h2-5,7-8,11,13H,6,15H2,1H3,(H,17,19)/t11-,13-/m1/s1. The van der Waals surface area contributed by atoms with E-state index >= 15 is 0 Å². The second-order valence-corrected chi connectivity index (χ2v) is 4.90. The van der Waals surface area contributed by atoms with E-state index < -0.39 is 0 Å². The van der Waals surface area contributed by atoms with Gasteiger partial charge in [-0.15, -0.1) is 0 Å². The Morgan fingerprint density at radius 1 is 1.47 bits per heavy atom. The van der Waals surface area contributed by atoms with Crippen LogP contribution in [0.2, 0.25) is 0 Å². The Bertz CT molecular complexity index is 619. The Kier molecular flexibility index (Phi) is 2.83. The number of benzene rings is 1. The van der Waals surface area contributed by atoms with Crippen molar-refractivity contribution in [2.75, 3.05) is 0 Å². The van der Waals surface area contributed by atoms with Gasteiger partial charge in [-0.05, 0) is 17.5 Å². The van der Waals surface area contributed by atoms with Crippen LogP contribution in [0.1, 0.15) is 27.7 Å². The monoisotopic (exact) mass is 256 g/mol. The van der Waals surface area contributed by atoms with Crippen molar-refractivity contribution in [1.82, 2.24) is 14.9 Å². The number of imidazole rings is 1. The quantitative estimate of drug-likeness (QED) is 0.833. The van der Waals surface area contributed by atoms with Crippen LogP contribution in [0.4, 0.5) is 0 Å². The number of fused-ring (bicyclic) bond motifs is 1. The minimum absolute atomic E-state index is 0.0557. The van der Waals surface area contributed by atoms with Crippen LogP contribution < -0.4 is 11.1 Å². The molecule has 1 heterocycles. The number of carbonyl (C=O) groups is 1. The molecule has 0 bridgehead atoms. The Labute approximate surface area is 111 Å². The van der Waals surface area contributed by atoms with Crippen LogP contribution in [-0.4, -0.2) is 21.5 Å². The Morgan fingerprint density at radius 3 is 2.95 bits per heavy atom.